The molecule has 33 heavy (non-hydrogen) atoms. The molecule has 0 saturated heterocycles. The summed E-state index contributed by atoms with van der Waals surface area (Å²) >= 11 is 1.31. The number of nitrogens with zero attached hydrogens (tertiary/aromatic N) is 2. The Balaban J connectivity index is 1.41. The van der Waals surface area contributed by atoms with Gasteiger partial charge in [-0.15, -0.1) is 0 Å². The number of carbonyl (C=O) groups is 1. The summed E-state index contributed by atoms with van der Waals surface area (Å²) in [6.07, 6.45) is 1.87. The number of thioether (sulfide) groups is 1. The summed E-state index contributed by atoms with van der Waals surface area (Å²) in [4.78, 5) is 17.3. The number of hydrogen-bond acceptors (Lipinski definition) is 5. The van der Waals surface area contributed by atoms with Crippen molar-refractivity contribution in [3.63, 3.8) is 0 Å². The molecule has 6 nitrogen and oxygen atoms in total. The van der Waals surface area contributed by atoms with Gasteiger partial charge in [0.15, 0.2) is 16.7 Å². The fraction of sp³-hybridized carbons (Fsp3) is 0.120. The number of rotatable bonds is 6. The van der Waals surface area contributed by atoms with Crippen molar-refractivity contribution in [2.45, 2.75) is 12.1 Å². The molecule has 0 spiro atoms. The predicted molar refractivity (Wildman–Crippen MR) is 126 cm³/mol. The molecule has 0 aliphatic carbocycles. The lowest BCUT2D eigenvalue weighted by molar-refractivity contribution is -0.113. The number of halogens is 1. The zero-order chi connectivity index (χ0) is 22.8. The van der Waals surface area contributed by atoms with Crippen LogP contribution >= 0.6 is 11.8 Å². The molecule has 0 saturated carbocycles. The average molecular weight is 462 g/mol. The molecule has 0 radical (unpaired) electrons. The van der Waals surface area contributed by atoms with E-state index in [4.69, 9.17) is 14.5 Å². The van der Waals surface area contributed by atoms with Gasteiger partial charge in [-0.25, -0.2) is 9.37 Å². The molecule has 0 atom stereocenters. The maximum absolute atomic E-state index is 13.5. The smallest absolute Gasteiger partial charge is 0.234 e. The van der Waals surface area contributed by atoms with Gasteiger partial charge in [0.2, 0.25) is 12.7 Å². The van der Waals surface area contributed by atoms with E-state index < -0.39 is 0 Å². The summed E-state index contributed by atoms with van der Waals surface area (Å²) in [5.41, 5.74) is 4.13. The average Bonchev–Trinajstić information content (AvgIpc) is 3.45. The number of anilines is 1. The van der Waals surface area contributed by atoms with Gasteiger partial charge >= 0.3 is 0 Å². The number of benzene rings is 3. The van der Waals surface area contributed by atoms with Crippen LogP contribution in [0.5, 0.6) is 11.5 Å². The Kier molecular flexibility index (Phi) is 5.75. The highest BCUT2D eigenvalue weighted by atomic mass is 32.2. The number of hydrogen-bond donors (Lipinski definition) is 1. The van der Waals surface area contributed by atoms with Gasteiger partial charge in [-0.2, -0.15) is 0 Å². The van der Waals surface area contributed by atoms with Crippen LogP contribution in [0.1, 0.15) is 5.56 Å². The molecular formula is C25H20FN3O3S. The van der Waals surface area contributed by atoms with Crippen molar-refractivity contribution in [2.75, 3.05) is 17.9 Å². The number of aromatic nitrogens is 2. The van der Waals surface area contributed by atoms with E-state index in [1.807, 2.05) is 60.2 Å². The number of ether oxygens (including phenoxy) is 2. The first-order valence-electron chi connectivity index (χ1n) is 10.3. The molecule has 8 heteroatoms. The van der Waals surface area contributed by atoms with Gasteiger partial charge in [0.1, 0.15) is 5.82 Å². The highest BCUT2D eigenvalue weighted by Gasteiger charge is 2.18. The van der Waals surface area contributed by atoms with Crippen LogP contribution in [0.3, 0.4) is 0 Å². The van der Waals surface area contributed by atoms with E-state index >= 15 is 0 Å². The second-order valence-corrected chi connectivity index (χ2v) is 8.47. The molecule has 3 aromatic carbocycles. The molecule has 0 unspecified atom stereocenters. The van der Waals surface area contributed by atoms with Crippen LogP contribution in [-0.2, 0) is 4.79 Å². The van der Waals surface area contributed by atoms with Crippen LogP contribution in [0.15, 0.2) is 78.1 Å². The zero-order valence-corrected chi connectivity index (χ0v) is 18.6. The first kappa shape index (κ1) is 21.1. The van der Waals surface area contributed by atoms with Gasteiger partial charge < -0.3 is 14.8 Å². The second kappa shape index (κ2) is 8.99. The first-order valence-corrected chi connectivity index (χ1v) is 11.3. The summed E-state index contributed by atoms with van der Waals surface area (Å²) in [5.74, 6) is 1.08. The van der Waals surface area contributed by atoms with Crippen molar-refractivity contribution in [1.82, 2.24) is 9.55 Å². The molecule has 1 amide bonds. The van der Waals surface area contributed by atoms with Crippen molar-refractivity contribution in [1.29, 1.82) is 0 Å². The number of nitrogens with one attached hydrogen (secondary N) is 1. The number of imidazole rings is 1. The molecule has 2 heterocycles. The third-order valence-corrected chi connectivity index (χ3v) is 6.03. The topological polar surface area (TPSA) is 65.4 Å². The minimum atomic E-state index is -0.318. The Bertz CT molecular complexity index is 1320. The van der Waals surface area contributed by atoms with E-state index in [2.05, 4.69) is 5.32 Å². The molecule has 5 rings (SSSR count). The quantitative estimate of drug-likeness (QED) is 0.387. The van der Waals surface area contributed by atoms with E-state index in [1.165, 1.54) is 23.9 Å². The Hall–Kier alpha value is -3.78. The van der Waals surface area contributed by atoms with Gasteiger partial charge in [0.25, 0.3) is 0 Å². The summed E-state index contributed by atoms with van der Waals surface area (Å²) in [5, 5.41) is 3.53. The molecular weight excluding hydrogens is 441 g/mol. The Morgan fingerprint density at radius 3 is 2.73 bits per heavy atom. The van der Waals surface area contributed by atoms with Gasteiger partial charge in [0.05, 0.1) is 11.4 Å². The van der Waals surface area contributed by atoms with Crippen LogP contribution < -0.4 is 14.8 Å². The largest absolute Gasteiger partial charge is 0.454 e. The first-order chi connectivity index (χ1) is 16.0. The van der Waals surface area contributed by atoms with Crippen LogP contribution in [0, 0.1) is 12.7 Å². The molecule has 0 fully saturated rings. The monoisotopic (exact) mass is 461 g/mol. The van der Waals surface area contributed by atoms with Crippen LogP contribution in [0.2, 0.25) is 0 Å². The van der Waals surface area contributed by atoms with Gasteiger partial charge in [-0.05, 0) is 67.1 Å². The number of carbonyl (C=O) groups excluding carboxylic acids is 1. The predicted octanol–water partition coefficient (Wildman–Crippen LogP) is 5.45. The van der Waals surface area contributed by atoms with Crippen molar-refractivity contribution in [2.24, 2.45) is 0 Å². The van der Waals surface area contributed by atoms with E-state index in [1.54, 1.807) is 12.1 Å². The molecule has 1 aromatic heterocycles. The lowest BCUT2D eigenvalue weighted by Crippen LogP contribution is -2.14. The third-order valence-electron chi connectivity index (χ3n) is 5.08. The minimum Gasteiger partial charge on any atom is -0.454 e. The standard InChI is InChI=1S/C25H20FN3O3S/c1-16-3-2-4-19(11-16)27-24(30)14-33-25-28-21(13-29(25)20-8-6-18(26)7-9-20)17-5-10-22-23(12-17)32-15-31-22/h2-13H,14-15H2,1H3,(H,27,30). The van der Waals surface area contributed by atoms with Crippen molar-refractivity contribution in [3.8, 4) is 28.4 Å². The zero-order valence-electron chi connectivity index (χ0n) is 17.7. The number of amides is 1. The normalized spacial score (nSPS) is 12.1. The van der Waals surface area contributed by atoms with Crippen molar-refractivity contribution < 1.29 is 18.7 Å². The van der Waals surface area contributed by atoms with E-state index in [9.17, 15) is 9.18 Å². The fourth-order valence-corrected chi connectivity index (χ4v) is 4.29. The molecule has 1 N–H and O–H groups in total. The summed E-state index contributed by atoms with van der Waals surface area (Å²) in [6, 6.07) is 19.4. The van der Waals surface area contributed by atoms with Crippen LogP contribution in [0.4, 0.5) is 10.1 Å². The highest BCUT2D eigenvalue weighted by Crippen LogP contribution is 2.36. The summed E-state index contributed by atoms with van der Waals surface area (Å²) < 4.78 is 26.2. The molecule has 0 bridgehead atoms. The van der Waals surface area contributed by atoms with Crippen LogP contribution in [0.25, 0.3) is 16.9 Å². The van der Waals surface area contributed by atoms with Gasteiger partial charge in [-0.1, -0.05) is 23.9 Å². The molecule has 4 aromatic rings. The Labute approximate surface area is 194 Å². The van der Waals surface area contributed by atoms with E-state index in [0.717, 1.165) is 22.5 Å². The SMILES string of the molecule is Cc1cccc(NC(=O)CSc2nc(-c3ccc4c(c3)OCO4)cn2-c2ccc(F)cc2)c1. The van der Waals surface area contributed by atoms with E-state index in [0.29, 0.717) is 22.3 Å². The van der Waals surface area contributed by atoms with Crippen molar-refractivity contribution in [3.05, 3.63) is 84.3 Å². The lowest BCUT2D eigenvalue weighted by atomic mass is 10.1. The number of fused-ring (bicyclic) bond motifs is 1. The lowest BCUT2D eigenvalue weighted by Gasteiger charge is -2.08. The van der Waals surface area contributed by atoms with Crippen molar-refractivity contribution >= 4 is 23.4 Å². The molecule has 1 aliphatic heterocycles. The second-order valence-electron chi connectivity index (χ2n) is 7.53. The summed E-state index contributed by atoms with van der Waals surface area (Å²) in [7, 11) is 0. The Morgan fingerprint density at radius 1 is 1.09 bits per heavy atom. The number of aryl methyl sites for hydroxylation is 1. The molecule has 1 aliphatic rings. The fourth-order valence-electron chi connectivity index (χ4n) is 3.50. The van der Waals surface area contributed by atoms with Gasteiger partial charge in [0, 0.05) is 23.1 Å². The third kappa shape index (κ3) is 4.70. The maximum atomic E-state index is 13.5. The van der Waals surface area contributed by atoms with E-state index in [-0.39, 0.29) is 24.3 Å². The molecule has 166 valence electrons. The van der Waals surface area contributed by atoms with Crippen LogP contribution in [-0.4, -0.2) is 28.0 Å². The summed E-state index contributed by atoms with van der Waals surface area (Å²) in [6.45, 7) is 2.17. The maximum Gasteiger partial charge on any atom is 0.234 e. The van der Waals surface area contributed by atoms with Gasteiger partial charge in [-0.3, -0.25) is 9.36 Å². The highest BCUT2D eigenvalue weighted by molar-refractivity contribution is 7.99. The minimum absolute atomic E-state index is 0.135. The Morgan fingerprint density at radius 2 is 1.91 bits per heavy atom.